The average molecular weight is 838 g/mol. The van der Waals surface area contributed by atoms with Gasteiger partial charge in [-0.2, -0.15) is 0 Å². The molecule has 0 saturated heterocycles. The van der Waals surface area contributed by atoms with Crippen molar-refractivity contribution >= 4 is 88.4 Å². The van der Waals surface area contributed by atoms with Gasteiger partial charge in [-0.15, -0.1) is 11.3 Å². The molecule has 0 amide bonds. The van der Waals surface area contributed by atoms with E-state index in [0.29, 0.717) is 0 Å². The van der Waals surface area contributed by atoms with E-state index in [-0.39, 0.29) is 34.0 Å². The molecule has 2 aromatic heterocycles. The highest BCUT2D eigenvalue weighted by Crippen LogP contribution is 2.64. The number of benzene rings is 6. The number of aromatic nitrogens is 1. The van der Waals surface area contributed by atoms with E-state index in [4.69, 9.17) is 0 Å². The van der Waals surface area contributed by atoms with E-state index < -0.39 is 0 Å². The third-order valence-electron chi connectivity index (χ3n) is 18.4. The number of nitrogens with zero attached hydrogens (tertiary/aromatic N) is 3. The van der Waals surface area contributed by atoms with Crippen LogP contribution in [0.1, 0.15) is 117 Å². The third kappa shape index (κ3) is 4.31. The van der Waals surface area contributed by atoms with Crippen LogP contribution in [0, 0.1) is 0 Å². The van der Waals surface area contributed by atoms with Crippen LogP contribution in [-0.2, 0) is 16.2 Å². The number of fused-ring (bicyclic) bond motifs is 15. The molecule has 4 unspecified atom stereocenters. The summed E-state index contributed by atoms with van der Waals surface area (Å²) < 4.78 is 5.57. The molecule has 6 aromatic carbocycles. The molecule has 2 aliphatic carbocycles. The minimum Gasteiger partial charge on any atom is -0.335 e. The molecule has 2 fully saturated rings. The molecule has 6 aliphatic rings. The van der Waals surface area contributed by atoms with Gasteiger partial charge in [-0.1, -0.05) is 139 Å². The van der Waals surface area contributed by atoms with Gasteiger partial charge in [-0.3, -0.25) is 0 Å². The van der Waals surface area contributed by atoms with Crippen LogP contribution >= 0.6 is 11.3 Å². The summed E-state index contributed by atoms with van der Waals surface area (Å²) >= 11 is 1.99. The summed E-state index contributed by atoms with van der Waals surface area (Å²) in [6.45, 7) is 17.8. The van der Waals surface area contributed by atoms with Crippen molar-refractivity contribution in [2.24, 2.45) is 0 Å². The molecule has 14 rings (SSSR count). The lowest BCUT2D eigenvalue weighted by atomic mass is 9.33. The van der Waals surface area contributed by atoms with E-state index in [9.17, 15) is 0 Å². The lowest BCUT2D eigenvalue weighted by Gasteiger charge is -2.53. The molecule has 4 atom stereocenters. The number of hydrogen-bond acceptors (Lipinski definition) is 3. The maximum Gasteiger partial charge on any atom is 0.252 e. The number of anilines is 4. The predicted octanol–water partition coefficient (Wildman–Crippen LogP) is 13.6. The Kier molecular flexibility index (Phi) is 7.02. The Morgan fingerprint density at radius 2 is 1.25 bits per heavy atom. The second-order valence-electron chi connectivity index (χ2n) is 22.3. The van der Waals surface area contributed by atoms with Gasteiger partial charge in [-0.05, 0) is 126 Å². The van der Waals surface area contributed by atoms with Gasteiger partial charge in [0.2, 0.25) is 0 Å². The van der Waals surface area contributed by atoms with Crippen LogP contribution < -0.4 is 26.2 Å². The average Bonchev–Trinajstić information content (AvgIpc) is 3.94. The fourth-order valence-corrected chi connectivity index (χ4v) is 16.0. The maximum atomic E-state index is 2.94. The molecular weight excluding hydrogens is 782 g/mol. The Balaban J connectivity index is 1.14. The lowest BCUT2D eigenvalue weighted by Crippen LogP contribution is -2.64. The standard InChI is InChI=1S/C58H56BN3S/c1-54(2,3)37-31-40-50-44(32-37)59-43-22-17-21-41-52(43)62(58(7)29-16-13-26-55(41,58)4)47-34-38(33-46(49(47)59)60(50)51-39-20-11-12-23-48(39)63-53(40)51)61-45-25-24-36(35-18-9-8-10-19-35)30-42(45)56(5)27-14-15-28-57(56,61)6/h8-12,17-25,30-34H,13-16,26-29H2,1-7H3. The Labute approximate surface area is 376 Å². The zero-order valence-electron chi connectivity index (χ0n) is 38.0. The van der Waals surface area contributed by atoms with Crippen LogP contribution in [0.5, 0.6) is 0 Å². The van der Waals surface area contributed by atoms with E-state index in [1.54, 1.807) is 5.56 Å². The number of hydrogen-bond donors (Lipinski definition) is 0. The maximum absolute atomic E-state index is 2.94. The van der Waals surface area contributed by atoms with Gasteiger partial charge in [0.25, 0.3) is 6.71 Å². The zero-order chi connectivity index (χ0) is 42.6. The molecule has 0 N–H and O–H groups in total. The van der Waals surface area contributed by atoms with Gasteiger partial charge >= 0.3 is 0 Å². The van der Waals surface area contributed by atoms with Gasteiger partial charge < -0.3 is 14.4 Å². The quantitative estimate of drug-likeness (QED) is 0.161. The molecule has 312 valence electrons. The summed E-state index contributed by atoms with van der Waals surface area (Å²) in [5, 5.41) is 2.79. The van der Waals surface area contributed by atoms with Crippen molar-refractivity contribution in [1.29, 1.82) is 0 Å². The molecule has 0 radical (unpaired) electrons. The van der Waals surface area contributed by atoms with Crippen molar-refractivity contribution in [3.63, 3.8) is 0 Å². The first-order valence-electron chi connectivity index (χ1n) is 24.0. The first kappa shape index (κ1) is 37.2. The van der Waals surface area contributed by atoms with Gasteiger partial charge in [0.1, 0.15) is 0 Å². The Bertz CT molecular complexity index is 3330. The highest BCUT2D eigenvalue weighted by molar-refractivity contribution is 7.26. The molecule has 5 heteroatoms. The molecule has 2 saturated carbocycles. The highest BCUT2D eigenvalue weighted by atomic mass is 32.1. The van der Waals surface area contributed by atoms with Crippen molar-refractivity contribution in [1.82, 2.24) is 4.57 Å². The van der Waals surface area contributed by atoms with Gasteiger partial charge in [0, 0.05) is 54.7 Å². The topological polar surface area (TPSA) is 11.4 Å². The van der Waals surface area contributed by atoms with Crippen molar-refractivity contribution < 1.29 is 0 Å². The molecule has 3 nitrogen and oxygen atoms in total. The number of rotatable bonds is 2. The minimum absolute atomic E-state index is 0.00358. The third-order valence-corrected chi connectivity index (χ3v) is 19.6. The number of para-hydroxylation sites is 1. The van der Waals surface area contributed by atoms with Gasteiger partial charge in [0.05, 0.1) is 26.8 Å². The largest absolute Gasteiger partial charge is 0.335 e. The fraction of sp³-hybridized carbons (Fsp3) is 0.345. The van der Waals surface area contributed by atoms with Crippen molar-refractivity contribution in [3.05, 3.63) is 132 Å². The lowest BCUT2D eigenvalue weighted by molar-refractivity contribution is 0.194. The molecular formula is C58H56BN3S. The van der Waals surface area contributed by atoms with Crippen LogP contribution in [0.25, 0.3) is 48.0 Å². The van der Waals surface area contributed by atoms with Crippen LogP contribution in [0.3, 0.4) is 0 Å². The fourth-order valence-electron chi connectivity index (χ4n) is 14.8. The minimum atomic E-state index is -0.0835. The van der Waals surface area contributed by atoms with Crippen LogP contribution in [0.2, 0.25) is 0 Å². The summed E-state index contributed by atoms with van der Waals surface area (Å²) in [7, 11) is 0. The van der Waals surface area contributed by atoms with E-state index in [2.05, 4.69) is 178 Å². The van der Waals surface area contributed by atoms with Crippen LogP contribution in [0.4, 0.5) is 22.7 Å². The summed E-state index contributed by atoms with van der Waals surface area (Å²) in [4.78, 5) is 5.81. The van der Waals surface area contributed by atoms with E-state index in [1.165, 1.54) is 150 Å². The van der Waals surface area contributed by atoms with E-state index in [1.807, 2.05) is 11.3 Å². The zero-order valence-corrected chi connectivity index (χ0v) is 38.8. The van der Waals surface area contributed by atoms with Crippen molar-refractivity contribution in [3.8, 4) is 16.8 Å². The second-order valence-corrected chi connectivity index (χ2v) is 23.3. The van der Waals surface area contributed by atoms with E-state index >= 15 is 0 Å². The number of thiophene rings is 1. The highest BCUT2D eigenvalue weighted by Gasteiger charge is 2.62. The van der Waals surface area contributed by atoms with Gasteiger partial charge in [-0.25, -0.2) is 0 Å². The smallest absolute Gasteiger partial charge is 0.252 e. The Morgan fingerprint density at radius 3 is 2.03 bits per heavy atom. The first-order valence-corrected chi connectivity index (χ1v) is 24.8. The molecule has 0 bridgehead atoms. The molecule has 4 aliphatic heterocycles. The molecule has 8 aromatic rings. The summed E-state index contributed by atoms with van der Waals surface area (Å²) in [5.74, 6) is 0. The summed E-state index contributed by atoms with van der Waals surface area (Å²) in [6, 6.07) is 45.7. The Hall–Kier alpha value is -5.26. The van der Waals surface area contributed by atoms with E-state index in [0.717, 1.165) is 0 Å². The molecule has 6 heterocycles. The monoisotopic (exact) mass is 837 g/mol. The molecule has 0 spiro atoms. The van der Waals surface area contributed by atoms with Crippen LogP contribution in [-0.4, -0.2) is 22.4 Å². The van der Waals surface area contributed by atoms with Crippen LogP contribution in [0.15, 0.2) is 115 Å². The predicted molar refractivity (Wildman–Crippen MR) is 271 cm³/mol. The normalized spacial score (nSPS) is 26.3. The summed E-state index contributed by atoms with van der Waals surface area (Å²) in [5.41, 5.74) is 21.5. The van der Waals surface area contributed by atoms with Gasteiger partial charge in [0.15, 0.2) is 0 Å². The van der Waals surface area contributed by atoms with Crippen molar-refractivity contribution in [2.45, 2.75) is 127 Å². The SMILES string of the molecule is CC(C)(C)c1cc2c3c(c1)c1sc4ccccc4c1n3-c1cc(N3c4ccc(-c5ccccc5)cc4C4(C)CCCCC34C)cc3c1B2c1cccc2c1N3C1(C)CCCCC21C. The second kappa shape index (κ2) is 11.9. The Morgan fingerprint density at radius 1 is 0.556 bits per heavy atom. The first-order chi connectivity index (χ1) is 30.4. The summed E-state index contributed by atoms with van der Waals surface area (Å²) in [6.07, 6.45) is 9.89. The molecule has 63 heavy (non-hydrogen) atoms. The van der Waals surface area contributed by atoms with Crippen molar-refractivity contribution in [2.75, 3.05) is 9.80 Å².